The summed E-state index contributed by atoms with van der Waals surface area (Å²) in [5, 5.41) is 19.6. The van der Waals surface area contributed by atoms with E-state index in [0.717, 1.165) is 32.1 Å². The van der Waals surface area contributed by atoms with E-state index in [9.17, 15) is 71.9 Å². The van der Waals surface area contributed by atoms with Gasteiger partial charge in [0.25, 0.3) is 0 Å². The van der Waals surface area contributed by atoms with E-state index in [-0.39, 0.29) is 141 Å². The summed E-state index contributed by atoms with van der Waals surface area (Å²) in [6.45, 7) is 34.8. The van der Waals surface area contributed by atoms with Gasteiger partial charge in [0.2, 0.25) is 35.4 Å². The molecule has 4 saturated heterocycles. The lowest BCUT2D eigenvalue weighted by Gasteiger charge is -2.18. The normalized spacial score (nSPS) is 23.4. The third kappa shape index (κ3) is 58.4. The summed E-state index contributed by atoms with van der Waals surface area (Å²) in [6, 6.07) is -0.437. The first kappa shape index (κ1) is 90.2. The molecule has 4 fully saturated rings. The number of likely N-dealkylation sites (N-methyl/N-ethyl adjacent to an activating group) is 1. The highest BCUT2D eigenvalue weighted by Gasteiger charge is 2.54. The fraction of sp³-hybridized carbons (Fsp3) is 0.845. The number of epoxide rings is 4. The molecule has 0 bridgehead atoms. The van der Waals surface area contributed by atoms with Crippen molar-refractivity contribution >= 4 is 87.9 Å². The van der Waals surface area contributed by atoms with Crippen LogP contribution < -0.4 is 37.2 Å². The van der Waals surface area contributed by atoms with Crippen molar-refractivity contribution in [3.05, 3.63) is 0 Å². The molecule has 19 atom stereocenters. The van der Waals surface area contributed by atoms with Crippen LogP contribution in [-0.4, -0.2) is 202 Å². The molecule has 0 radical (unpaired) electrons. The zero-order chi connectivity index (χ0) is 112. The zero-order valence-electron chi connectivity index (χ0n) is 98.2. The predicted molar refractivity (Wildman–Crippen MR) is 489 cm³/mol. The maximum Gasteiger partial charge on any atom is 0.338 e. The molecule has 125 heavy (non-hydrogen) atoms. The van der Waals surface area contributed by atoms with Crippen LogP contribution in [0.15, 0.2) is 0 Å². The van der Waals surface area contributed by atoms with Crippen LogP contribution in [0.1, 0.15) is 341 Å². The Bertz CT molecular complexity index is 3970. The van der Waals surface area contributed by atoms with E-state index in [2.05, 4.69) is 51.1 Å². The summed E-state index contributed by atoms with van der Waals surface area (Å²) in [6.07, 6.45) is -1.45. The smallest absolute Gasteiger partial charge is 0.338 e. The summed E-state index contributed by atoms with van der Waals surface area (Å²) >= 11 is 0. The minimum absolute atomic E-state index is 0.00539. The molecule has 0 spiro atoms. The standard InChI is InChI=1S/2C18H31NO5.2C17H29NO4.C15H29NO2.C12H26N2O/c2*1-6-23-18(22)16-15(24-16)14(20)10-13(9-12(4)5)17(21)19-8-7-11(2)3;2*1-10(2)6-7-18-17(21)13(8-11(3)4)9-14(20)16-15(22-16)12(5)19;1-6-14(17)10-13(9-12(4)5)15(18)16-8-7-11(2)3;1-9(2)6-7-14-12(15)11(13-5)8-10(3)4/h2*11-13,15-16H,6-10H2,1-5H3,(H,19,21);2*10-11,13,15-16H,6-9H2,1-5H3,(H,18,21);11-13H,6-10H2,1-5H3,(H,16,18);9-11,13H,6-8H2,1-5H3,(H,14,15)/t2*13-,15-,16+;2*13-,15-,16-;13-;11-/m111110/s1/i4D3,12D;4D3;10D;3D3;4D3,12D;3D3/t2*12?,13-,15-,16+;m;11?,13-,15-,16-;12?,13-;10?,11-. The lowest BCUT2D eigenvalue weighted by molar-refractivity contribution is -0.145. The lowest BCUT2D eigenvalue weighted by atomic mass is 9.90. The molecule has 4 aliphatic rings. The third-order valence-corrected chi connectivity index (χ3v) is 20.0. The molecule has 4 heterocycles. The molecular formula is C97H175N7O21. The van der Waals surface area contributed by atoms with Gasteiger partial charge in [-0.1, -0.05) is 173 Å². The fourth-order valence-electron chi connectivity index (χ4n) is 12.6. The second-order valence-electron chi connectivity index (χ2n) is 36.4. The van der Waals surface area contributed by atoms with Gasteiger partial charge in [0.1, 0.15) is 30.2 Å². The quantitative estimate of drug-likeness (QED) is 0.0220. The number of esters is 2. The van der Waals surface area contributed by atoms with Crippen LogP contribution in [0, 0.1) is 101 Å². The van der Waals surface area contributed by atoms with Crippen LogP contribution in [0.3, 0.4) is 0 Å². The molecule has 28 nitrogen and oxygen atoms in total. The van der Waals surface area contributed by atoms with Gasteiger partial charge < -0.3 is 65.6 Å². The van der Waals surface area contributed by atoms with E-state index in [1.54, 1.807) is 62.4 Å². The van der Waals surface area contributed by atoms with Crippen LogP contribution in [0.4, 0.5) is 0 Å². The maximum atomic E-state index is 12.6. The number of hydrogen-bond acceptors (Lipinski definition) is 22. The van der Waals surface area contributed by atoms with E-state index < -0.39 is 178 Å². The molecule has 0 aromatic heterocycles. The van der Waals surface area contributed by atoms with Gasteiger partial charge in [0, 0.05) is 132 Å². The SMILES string of the molecule is [2H]C(C)(C)CCNC(=O)[C@@H](CC(=O)[C@H]1O[C@@H]1C(C)=O)CC(C)C.[2H]C([2H])([2H])C(C)C[C@H](CC(=O)[C@H]1O[C@@H]1C(=O)OCC)C(=O)NCCC(C)C.[2H]C([2H])([2H])C(C)C[C@H](CC(=O)[C@H]1O[C@@H]1C(C)=O)C(=O)NCCC(C)C.[2H]C([2H])([2H])C(C)C[C@H](NC)C(=O)NCCC(C)C.[2H]C([2H])([2H])C([2H])(C)C[C@H](CC(=O)CC)C(=O)NCCC(C)C.[2H]C([2H])([2H])C([2H])(C)C[C@H](CC(=O)[C@H]1O[C@@H]1C(=O)OCC)C(=O)NCCC(C)C. The first-order valence-corrected chi connectivity index (χ1v) is 45.2. The Labute approximate surface area is 778 Å². The molecule has 0 aromatic carbocycles. The monoisotopic (exact) mass is 1790 g/mol. The van der Waals surface area contributed by atoms with Crippen LogP contribution >= 0.6 is 0 Å². The summed E-state index contributed by atoms with van der Waals surface area (Å²) in [7, 11) is 1.68. The fourth-order valence-corrected chi connectivity index (χ4v) is 12.6. The Morgan fingerprint density at radius 1 is 0.304 bits per heavy atom. The average molecular weight is 1790 g/mol. The van der Waals surface area contributed by atoms with Gasteiger partial charge in [-0.15, -0.1) is 0 Å². The van der Waals surface area contributed by atoms with Crippen molar-refractivity contribution in [2.24, 2.45) is 101 Å². The van der Waals surface area contributed by atoms with Crippen molar-refractivity contribution < 1.29 is 125 Å². The number of nitrogens with one attached hydrogen (secondary N) is 7. The number of rotatable bonds is 58. The van der Waals surface area contributed by atoms with E-state index in [4.69, 9.17) is 53.1 Å². The first-order chi connectivity index (χ1) is 65.3. The number of hydrogen-bond donors (Lipinski definition) is 7. The highest BCUT2D eigenvalue weighted by atomic mass is 16.7. The second-order valence-corrected chi connectivity index (χ2v) is 36.4. The van der Waals surface area contributed by atoms with E-state index in [0.29, 0.717) is 94.5 Å². The summed E-state index contributed by atoms with van der Waals surface area (Å²) < 4.78 is 166. The molecule has 0 aromatic rings. The molecule has 0 saturated carbocycles. The Kier molecular flexibility index (Phi) is 47.4. The van der Waals surface area contributed by atoms with Crippen molar-refractivity contribution in [3.8, 4) is 0 Å². The number of carbonyl (C=O) groups is 15. The van der Waals surface area contributed by atoms with Gasteiger partial charge in [-0.25, -0.2) is 9.59 Å². The highest BCUT2D eigenvalue weighted by Crippen LogP contribution is 2.33. The molecule has 6 amide bonds. The van der Waals surface area contributed by atoms with Crippen molar-refractivity contribution in [3.63, 3.8) is 0 Å². The Morgan fingerprint density at radius 3 is 0.800 bits per heavy atom. The molecule has 724 valence electrons. The largest absolute Gasteiger partial charge is 0.464 e. The Balaban J connectivity index is 0. The minimum atomic E-state index is -2.60. The molecule has 5 unspecified atom stereocenters. The van der Waals surface area contributed by atoms with Gasteiger partial charge in [-0.05, 0) is 183 Å². The van der Waals surface area contributed by atoms with Crippen LogP contribution in [-0.2, 0) is 100 Å². The second kappa shape index (κ2) is 65.7. The molecule has 4 aliphatic heterocycles. The topological polar surface area (TPSA) is 409 Å². The van der Waals surface area contributed by atoms with E-state index in [1.165, 1.54) is 27.7 Å². The molecule has 7 N–H and O–H groups in total. The lowest BCUT2D eigenvalue weighted by Crippen LogP contribution is -2.43. The Morgan fingerprint density at radius 2 is 0.560 bits per heavy atom. The van der Waals surface area contributed by atoms with E-state index >= 15 is 0 Å². The molecule has 4 rings (SSSR count). The van der Waals surface area contributed by atoms with E-state index in [1.807, 2.05) is 69.2 Å². The number of Topliss-reactive ketones (excluding diaryl/α,β-unsaturated/α-hetero) is 7. The number of ether oxygens (including phenoxy) is 6. The van der Waals surface area contributed by atoms with Crippen LogP contribution in [0.5, 0.6) is 0 Å². The summed E-state index contributed by atoms with van der Waals surface area (Å²) in [4.78, 5) is 180. The van der Waals surface area contributed by atoms with Gasteiger partial charge >= 0.3 is 11.9 Å². The molecular weight excluding hydrogens is 1600 g/mol. The van der Waals surface area contributed by atoms with Gasteiger partial charge in [0.15, 0.2) is 59.1 Å². The first-order valence-electron chi connectivity index (χ1n) is 54.2. The number of ketones is 7. The summed E-state index contributed by atoms with van der Waals surface area (Å²) in [5.41, 5.74) is 0. The third-order valence-electron chi connectivity index (χ3n) is 20.0. The molecule has 0 aliphatic carbocycles. The predicted octanol–water partition coefficient (Wildman–Crippen LogP) is 13.4. The Hall–Kier alpha value is -6.75. The number of carbonyl (C=O) groups excluding carboxylic acids is 15. The maximum absolute atomic E-state index is 12.6. The zero-order valence-corrected chi connectivity index (χ0v) is 80.2. The highest BCUT2D eigenvalue weighted by molar-refractivity contribution is 6.00. The van der Waals surface area contributed by atoms with Crippen molar-refractivity contribution in [2.75, 3.05) is 59.5 Å². The summed E-state index contributed by atoms with van der Waals surface area (Å²) in [5.74, 6) is -12.1. The van der Waals surface area contributed by atoms with Crippen LogP contribution in [0.25, 0.3) is 0 Å². The van der Waals surface area contributed by atoms with Crippen molar-refractivity contribution in [1.82, 2.24) is 37.2 Å². The number of amides is 6. The van der Waals surface area contributed by atoms with Gasteiger partial charge in [0.05, 0.1) is 19.3 Å². The van der Waals surface area contributed by atoms with Crippen LogP contribution in [0.2, 0.25) is 0 Å². The van der Waals surface area contributed by atoms with Gasteiger partial charge in [-0.3, -0.25) is 62.3 Å². The average Bonchev–Trinajstić information content (AvgIpc) is 1.68. The van der Waals surface area contributed by atoms with Gasteiger partial charge in [-0.2, -0.15) is 0 Å². The molecule has 28 heteroatoms. The van der Waals surface area contributed by atoms with Crippen molar-refractivity contribution in [2.45, 2.75) is 371 Å². The van der Waals surface area contributed by atoms with Crippen molar-refractivity contribution in [1.29, 1.82) is 0 Å². The minimum Gasteiger partial charge on any atom is -0.464 e.